The monoisotopic (exact) mass is 283 g/mol. The van der Waals surface area contributed by atoms with E-state index in [2.05, 4.69) is 10.1 Å². The maximum absolute atomic E-state index is 12.2. The lowest BCUT2D eigenvalue weighted by atomic mass is 10.2. The number of ketones is 1. The molecule has 0 aliphatic heterocycles. The van der Waals surface area contributed by atoms with Crippen LogP contribution >= 0.6 is 22.9 Å². The first-order chi connectivity index (χ1) is 8.61. The smallest absolute Gasteiger partial charge is 0.188 e. The minimum absolute atomic E-state index is 0.0312. The fourth-order valence-electron chi connectivity index (χ4n) is 1.76. The third-order valence-electron chi connectivity index (χ3n) is 2.50. The van der Waals surface area contributed by atoms with Crippen molar-refractivity contribution in [3.05, 3.63) is 33.0 Å². The van der Waals surface area contributed by atoms with Crippen LogP contribution in [0.15, 0.2) is 11.6 Å². The van der Waals surface area contributed by atoms with Crippen LogP contribution in [0.25, 0.3) is 0 Å². The minimum atomic E-state index is -0.0312. The molecule has 0 fully saturated rings. The van der Waals surface area contributed by atoms with Gasteiger partial charge in [0.15, 0.2) is 5.78 Å². The van der Waals surface area contributed by atoms with Gasteiger partial charge in [-0.25, -0.2) is 4.98 Å². The van der Waals surface area contributed by atoms with E-state index in [-0.39, 0.29) is 12.2 Å². The van der Waals surface area contributed by atoms with Crippen molar-refractivity contribution >= 4 is 28.7 Å². The van der Waals surface area contributed by atoms with E-state index < -0.39 is 0 Å². The van der Waals surface area contributed by atoms with Crippen LogP contribution in [-0.2, 0) is 13.0 Å². The maximum Gasteiger partial charge on any atom is 0.188 e. The highest BCUT2D eigenvalue weighted by Gasteiger charge is 2.18. The topological polar surface area (TPSA) is 47.8 Å². The third kappa shape index (κ3) is 2.79. The fraction of sp³-hybridized carbons (Fsp3) is 0.417. The van der Waals surface area contributed by atoms with Crippen molar-refractivity contribution in [2.24, 2.45) is 0 Å². The largest absolute Gasteiger partial charge is 0.292 e. The Morgan fingerprint density at radius 3 is 2.94 bits per heavy atom. The molecular weight excluding hydrogens is 270 g/mol. The van der Waals surface area contributed by atoms with Crippen molar-refractivity contribution in [3.8, 4) is 0 Å². The maximum atomic E-state index is 12.2. The Morgan fingerprint density at radius 2 is 2.33 bits per heavy atom. The number of halogens is 1. The van der Waals surface area contributed by atoms with E-state index in [1.165, 1.54) is 6.20 Å². The van der Waals surface area contributed by atoms with Gasteiger partial charge in [-0.05, 0) is 13.3 Å². The lowest BCUT2D eigenvalue weighted by molar-refractivity contribution is 0.0981. The number of thiazole rings is 1. The van der Waals surface area contributed by atoms with E-state index in [9.17, 15) is 4.79 Å². The number of nitrogens with zero attached hydrogens (tertiary/aromatic N) is 3. The number of rotatable bonds is 5. The Hall–Kier alpha value is -1.20. The Bertz CT molecular complexity index is 561. The van der Waals surface area contributed by atoms with Crippen molar-refractivity contribution in [2.75, 3.05) is 0 Å². The van der Waals surface area contributed by atoms with Gasteiger partial charge in [-0.2, -0.15) is 5.10 Å². The first kappa shape index (κ1) is 13.2. The molecule has 0 bridgehead atoms. The molecule has 0 amide bonds. The van der Waals surface area contributed by atoms with Gasteiger partial charge in [0.2, 0.25) is 0 Å². The molecule has 2 aromatic heterocycles. The van der Waals surface area contributed by atoms with E-state index in [0.717, 1.165) is 17.1 Å². The summed E-state index contributed by atoms with van der Waals surface area (Å²) in [6, 6.07) is 0. The van der Waals surface area contributed by atoms with Crippen LogP contribution in [0.3, 0.4) is 0 Å². The number of aryl methyl sites for hydroxylation is 2. The second-order valence-corrected chi connectivity index (χ2v) is 5.49. The summed E-state index contributed by atoms with van der Waals surface area (Å²) in [4.78, 5) is 16.5. The van der Waals surface area contributed by atoms with Gasteiger partial charge in [0.1, 0.15) is 5.69 Å². The Kier molecular flexibility index (Phi) is 4.14. The highest BCUT2D eigenvalue weighted by Crippen LogP contribution is 2.18. The predicted molar refractivity (Wildman–Crippen MR) is 72.4 cm³/mol. The van der Waals surface area contributed by atoms with Gasteiger partial charge in [-0.15, -0.1) is 11.3 Å². The Morgan fingerprint density at radius 1 is 1.56 bits per heavy atom. The molecule has 0 radical (unpaired) electrons. The van der Waals surface area contributed by atoms with Gasteiger partial charge in [-0.3, -0.25) is 9.48 Å². The number of carbonyl (C=O) groups is 1. The molecular formula is C12H14ClN3OS. The molecule has 0 unspecified atom stereocenters. The average molecular weight is 284 g/mol. The molecule has 2 rings (SSSR count). The van der Waals surface area contributed by atoms with Crippen LogP contribution in [0, 0.1) is 6.92 Å². The zero-order chi connectivity index (χ0) is 13.1. The molecule has 0 atom stereocenters. The molecule has 0 N–H and O–H groups in total. The molecule has 0 saturated heterocycles. The van der Waals surface area contributed by atoms with Crippen molar-refractivity contribution in [2.45, 2.75) is 33.2 Å². The van der Waals surface area contributed by atoms with Crippen LogP contribution < -0.4 is 0 Å². The Labute approximate surface area is 115 Å². The summed E-state index contributed by atoms with van der Waals surface area (Å²) in [7, 11) is 0. The van der Waals surface area contributed by atoms with Crippen molar-refractivity contribution in [1.29, 1.82) is 0 Å². The second-order valence-electron chi connectivity index (χ2n) is 4.02. The van der Waals surface area contributed by atoms with Gasteiger partial charge in [0.25, 0.3) is 0 Å². The average Bonchev–Trinajstić information content (AvgIpc) is 2.86. The molecule has 0 spiro atoms. The van der Waals surface area contributed by atoms with E-state index in [1.54, 1.807) is 16.0 Å². The second kappa shape index (κ2) is 5.63. The number of aromatic nitrogens is 3. The normalized spacial score (nSPS) is 10.8. The van der Waals surface area contributed by atoms with E-state index in [1.807, 2.05) is 19.2 Å². The fourth-order valence-corrected chi connectivity index (χ4v) is 2.62. The van der Waals surface area contributed by atoms with Gasteiger partial charge in [-0.1, -0.05) is 18.5 Å². The first-order valence-corrected chi connectivity index (χ1v) is 7.03. The standard InChI is InChI=1S/C12H14ClN3OS/c1-3-4-16-12(10(13)6-14-16)11(17)5-9-7-18-8(2)15-9/h6-7H,3-5H2,1-2H3. The van der Waals surface area contributed by atoms with Crippen molar-refractivity contribution < 1.29 is 4.79 Å². The molecule has 0 aliphatic rings. The van der Waals surface area contributed by atoms with Crippen LogP contribution in [-0.4, -0.2) is 20.5 Å². The highest BCUT2D eigenvalue weighted by molar-refractivity contribution is 7.09. The van der Waals surface area contributed by atoms with Gasteiger partial charge in [0.05, 0.1) is 28.3 Å². The summed E-state index contributed by atoms with van der Waals surface area (Å²) in [5.74, 6) is -0.0312. The quantitative estimate of drug-likeness (QED) is 0.792. The van der Waals surface area contributed by atoms with Crippen molar-refractivity contribution in [3.63, 3.8) is 0 Å². The Balaban J connectivity index is 2.20. The van der Waals surface area contributed by atoms with E-state index >= 15 is 0 Å². The minimum Gasteiger partial charge on any atom is -0.292 e. The molecule has 0 aromatic carbocycles. The summed E-state index contributed by atoms with van der Waals surface area (Å²) in [5, 5.41) is 7.40. The van der Waals surface area contributed by atoms with Crippen LogP contribution in [0.2, 0.25) is 5.02 Å². The summed E-state index contributed by atoms with van der Waals surface area (Å²) in [6.07, 6.45) is 2.71. The molecule has 0 saturated carbocycles. The van der Waals surface area contributed by atoms with Crippen molar-refractivity contribution in [1.82, 2.24) is 14.8 Å². The lowest BCUT2D eigenvalue weighted by Gasteiger charge is -2.04. The third-order valence-corrected chi connectivity index (χ3v) is 3.60. The zero-order valence-corrected chi connectivity index (χ0v) is 11.9. The number of Topliss-reactive ketones (excluding diaryl/α,β-unsaturated/α-hetero) is 1. The first-order valence-electron chi connectivity index (χ1n) is 5.77. The van der Waals surface area contributed by atoms with Gasteiger partial charge >= 0.3 is 0 Å². The number of hydrogen-bond acceptors (Lipinski definition) is 4. The molecule has 6 heteroatoms. The number of carbonyl (C=O) groups excluding carboxylic acids is 1. The van der Waals surface area contributed by atoms with E-state index in [4.69, 9.17) is 11.6 Å². The summed E-state index contributed by atoms with van der Waals surface area (Å²) in [5.41, 5.74) is 1.28. The van der Waals surface area contributed by atoms with Gasteiger partial charge in [0, 0.05) is 11.9 Å². The molecule has 0 aliphatic carbocycles. The van der Waals surface area contributed by atoms with E-state index in [0.29, 0.717) is 17.3 Å². The van der Waals surface area contributed by atoms with Crippen LogP contribution in [0.4, 0.5) is 0 Å². The molecule has 2 aromatic rings. The highest BCUT2D eigenvalue weighted by atomic mass is 35.5. The van der Waals surface area contributed by atoms with Gasteiger partial charge < -0.3 is 0 Å². The molecule has 18 heavy (non-hydrogen) atoms. The predicted octanol–water partition coefficient (Wildman–Crippen LogP) is 3.14. The van der Waals surface area contributed by atoms with Crippen LogP contribution in [0.1, 0.15) is 34.5 Å². The molecule has 4 nitrogen and oxygen atoms in total. The molecule has 2 heterocycles. The van der Waals surface area contributed by atoms with Crippen LogP contribution in [0.5, 0.6) is 0 Å². The summed E-state index contributed by atoms with van der Waals surface area (Å²) >= 11 is 7.57. The summed E-state index contributed by atoms with van der Waals surface area (Å²) in [6.45, 7) is 4.66. The lowest BCUT2D eigenvalue weighted by Crippen LogP contribution is -2.13. The number of hydrogen-bond donors (Lipinski definition) is 0. The summed E-state index contributed by atoms with van der Waals surface area (Å²) < 4.78 is 1.67. The zero-order valence-electron chi connectivity index (χ0n) is 10.3. The SMILES string of the molecule is CCCn1ncc(Cl)c1C(=O)Cc1csc(C)n1. The molecule has 96 valence electrons.